The van der Waals surface area contributed by atoms with Crippen LogP contribution in [0.2, 0.25) is 0 Å². The van der Waals surface area contributed by atoms with Gasteiger partial charge in [-0.05, 0) is 73.6 Å². The molecule has 2 aliphatic heterocycles. The molecule has 0 saturated carbocycles. The summed E-state index contributed by atoms with van der Waals surface area (Å²) in [5, 5.41) is 8.86. The molecule has 234 valence electrons. The van der Waals surface area contributed by atoms with Crippen molar-refractivity contribution in [3.05, 3.63) is 209 Å². The van der Waals surface area contributed by atoms with E-state index in [4.69, 9.17) is 9.73 Å². The molecule has 0 saturated heterocycles. The van der Waals surface area contributed by atoms with E-state index < -0.39 is 5.41 Å². The zero-order valence-corrected chi connectivity index (χ0v) is 27.1. The Bertz CT molecular complexity index is 2680. The van der Waals surface area contributed by atoms with Crippen molar-refractivity contribution in [1.29, 1.82) is 0 Å². The summed E-state index contributed by atoms with van der Waals surface area (Å²) in [7, 11) is 0. The van der Waals surface area contributed by atoms with Crippen molar-refractivity contribution in [1.82, 2.24) is 0 Å². The molecule has 1 atom stereocenters. The monoisotopic (exact) mass is 638 g/mol. The van der Waals surface area contributed by atoms with Crippen LogP contribution in [0, 0.1) is 0 Å². The zero-order chi connectivity index (χ0) is 32.8. The number of hydrogen-bond acceptors (Lipinski definition) is 3. The standard InChI is InChI=1S/C47H30N2O/c1-2-14-29(15-3-1)45-36-20-8-11-23-40(36)48-46(49-45)30-26-27-35-39(28-30)47(37-21-9-12-24-41(37)50-42-25-13-10-22-38(42)47)44-34-19-7-5-17-32(34)31-16-4-6-18-33(31)43(35)44/h1-28,46,48H. The minimum Gasteiger partial charge on any atom is -0.457 e. The number of para-hydroxylation sites is 3. The summed E-state index contributed by atoms with van der Waals surface area (Å²) in [5.41, 5.74) is 12.3. The lowest BCUT2D eigenvalue weighted by molar-refractivity contribution is 0.437. The number of fused-ring (bicyclic) bond motifs is 15. The van der Waals surface area contributed by atoms with Crippen LogP contribution in [0.4, 0.5) is 5.69 Å². The van der Waals surface area contributed by atoms with Crippen LogP contribution in [0.3, 0.4) is 0 Å². The Morgan fingerprint density at radius 1 is 0.500 bits per heavy atom. The Morgan fingerprint density at radius 3 is 1.86 bits per heavy atom. The minimum absolute atomic E-state index is 0.273. The topological polar surface area (TPSA) is 33.6 Å². The molecule has 3 heteroatoms. The molecule has 0 fully saturated rings. The molecule has 1 N–H and O–H groups in total. The largest absolute Gasteiger partial charge is 0.457 e. The van der Waals surface area contributed by atoms with Gasteiger partial charge in [-0.25, -0.2) is 0 Å². The number of hydrogen-bond donors (Lipinski definition) is 1. The fourth-order valence-corrected chi connectivity index (χ4v) is 8.94. The molecule has 0 bridgehead atoms. The lowest BCUT2D eigenvalue weighted by Crippen LogP contribution is -2.32. The van der Waals surface area contributed by atoms with Crippen LogP contribution in [-0.2, 0) is 5.41 Å². The Morgan fingerprint density at radius 2 is 1.10 bits per heavy atom. The molecular formula is C47H30N2O. The summed E-state index contributed by atoms with van der Waals surface area (Å²) in [4.78, 5) is 5.44. The Balaban J connectivity index is 1.26. The molecule has 11 rings (SSSR count). The summed E-state index contributed by atoms with van der Waals surface area (Å²) in [5.74, 6) is 1.78. The number of nitrogens with one attached hydrogen (secondary N) is 1. The maximum atomic E-state index is 6.71. The summed E-state index contributed by atoms with van der Waals surface area (Å²) in [6, 6.07) is 61.1. The summed E-state index contributed by atoms with van der Waals surface area (Å²) in [6.45, 7) is 0. The SMILES string of the molecule is c1ccc(C2=NC(c3ccc4c(c3)C3(c5ccccc5Oc5ccccc53)c3c-4c4ccccc4c4ccccc34)Nc3ccccc32)cc1. The lowest BCUT2D eigenvalue weighted by atomic mass is 9.65. The molecule has 0 radical (unpaired) electrons. The van der Waals surface area contributed by atoms with Crippen molar-refractivity contribution in [2.24, 2.45) is 4.99 Å². The predicted octanol–water partition coefficient (Wildman–Crippen LogP) is 11.4. The van der Waals surface area contributed by atoms with Crippen LogP contribution in [0.5, 0.6) is 11.5 Å². The van der Waals surface area contributed by atoms with Crippen LogP contribution in [0.15, 0.2) is 175 Å². The van der Waals surface area contributed by atoms with E-state index in [9.17, 15) is 0 Å². The van der Waals surface area contributed by atoms with Crippen molar-refractivity contribution >= 4 is 32.9 Å². The van der Waals surface area contributed by atoms with E-state index in [1.807, 2.05) is 0 Å². The smallest absolute Gasteiger partial charge is 0.145 e. The Hall–Kier alpha value is -6.45. The number of aliphatic imine (C=N–C) groups is 1. The highest BCUT2D eigenvalue weighted by Gasteiger charge is 2.52. The molecule has 1 aliphatic carbocycles. The van der Waals surface area contributed by atoms with E-state index in [0.717, 1.165) is 50.7 Å². The second-order valence-electron chi connectivity index (χ2n) is 13.4. The van der Waals surface area contributed by atoms with Crippen molar-refractivity contribution in [2.45, 2.75) is 11.6 Å². The van der Waals surface area contributed by atoms with E-state index in [0.29, 0.717) is 0 Å². The normalized spacial score (nSPS) is 16.0. The van der Waals surface area contributed by atoms with Gasteiger partial charge in [0.05, 0.1) is 11.1 Å². The highest BCUT2D eigenvalue weighted by molar-refractivity contribution is 6.19. The van der Waals surface area contributed by atoms with Gasteiger partial charge in [0, 0.05) is 27.9 Å². The Labute approximate surface area is 290 Å². The molecule has 3 aliphatic rings. The van der Waals surface area contributed by atoms with Crippen LogP contribution >= 0.6 is 0 Å². The second-order valence-corrected chi connectivity index (χ2v) is 13.4. The summed E-state index contributed by atoms with van der Waals surface area (Å²) >= 11 is 0. The maximum absolute atomic E-state index is 6.71. The van der Waals surface area contributed by atoms with Gasteiger partial charge >= 0.3 is 0 Å². The molecular weight excluding hydrogens is 609 g/mol. The number of rotatable bonds is 2. The van der Waals surface area contributed by atoms with Gasteiger partial charge in [0.1, 0.15) is 17.7 Å². The fraction of sp³-hybridized carbons (Fsp3) is 0.0426. The third kappa shape index (κ3) is 3.61. The van der Waals surface area contributed by atoms with Crippen LogP contribution < -0.4 is 10.1 Å². The van der Waals surface area contributed by atoms with E-state index in [1.54, 1.807) is 0 Å². The minimum atomic E-state index is -0.617. The number of benzene rings is 8. The van der Waals surface area contributed by atoms with E-state index in [-0.39, 0.29) is 6.17 Å². The number of anilines is 1. The van der Waals surface area contributed by atoms with Crippen LogP contribution in [0.1, 0.15) is 45.1 Å². The fourth-order valence-electron chi connectivity index (χ4n) is 8.94. The van der Waals surface area contributed by atoms with Gasteiger partial charge < -0.3 is 10.1 Å². The van der Waals surface area contributed by atoms with Crippen molar-refractivity contribution in [2.75, 3.05) is 5.32 Å². The van der Waals surface area contributed by atoms with Gasteiger partial charge in [-0.15, -0.1) is 0 Å². The van der Waals surface area contributed by atoms with E-state index in [2.05, 4.69) is 175 Å². The first-order chi connectivity index (χ1) is 24.8. The van der Waals surface area contributed by atoms with Gasteiger partial charge in [-0.3, -0.25) is 4.99 Å². The van der Waals surface area contributed by atoms with Gasteiger partial charge in [-0.2, -0.15) is 0 Å². The molecule has 8 aromatic rings. The van der Waals surface area contributed by atoms with Crippen molar-refractivity contribution in [3.63, 3.8) is 0 Å². The zero-order valence-electron chi connectivity index (χ0n) is 27.1. The first-order valence-corrected chi connectivity index (χ1v) is 17.3. The first-order valence-electron chi connectivity index (χ1n) is 17.3. The molecule has 0 amide bonds. The molecule has 2 heterocycles. The van der Waals surface area contributed by atoms with Gasteiger partial charge in [0.2, 0.25) is 0 Å². The summed E-state index contributed by atoms with van der Waals surface area (Å²) < 4.78 is 6.71. The molecule has 1 unspecified atom stereocenters. The molecule has 3 nitrogen and oxygen atoms in total. The van der Waals surface area contributed by atoms with E-state index in [1.165, 1.54) is 43.8 Å². The first kappa shape index (κ1) is 27.5. The highest BCUT2D eigenvalue weighted by Crippen LogP contribution is 2.65. The number of nitrogens with zero attached hydrogens (tertiary/aromatic N) is 1. The molecule has 0 aromatic heterocycles. The third-order valence-corrected chi connectivity index (χ3v) is 10.9. The quantitative estimate of drug-likeness (QED) is 0.191. The predicted molar refractivity (Wildman–Crippen MR) is 204 cm³/mol. The third-order valence-electron chi connectivity index (χ3n) is 10.9. The summed E-state index contributed by atoms with van der Waals surface area (Å²) in [6.07, 6.45) is -0.273. The number of ether oxygens (including phenoxy) is 1. The lowest BCUT2D eigenvalue weighted by Gasteiger charge is -2.40. The molecule has 50 heavy (non-hydrogen) atoms. The average Bonchev–Trinajstić information content (AvgIpc) is 3.49. The van der Waals surface area contributed by atoms with Crippen molar-refractivity contribution in [3.8, 4) is 22.6 Å². The van der Waals surface area contributed by atoms with Crippen LogP contribution in [0.25, 0.3) is 32.7 Å². The molecule has 1 spiro atoms. The van der Waals surface area contributed by atoms with Gasteiger partial charge in [-0.1, -0.05) is 146 Å². The average molecular weight is 639 g/mol. The van der Waals surface area contributed by atoms with Gasteiger partial charge in [0.25, 0.3) is 0 Å². The second kappa shape index (κ2) is 10.3. The van der Waals surface area contributed by atoms with E-state index >= 15 is 0 Å². The molecule has 8 aromatic carbocycles. The Kier molecular flexibility index (Phi) is 5.65. The highest BCUT2D eigenvalue weighted by atomic mass is 16.5. The maximum Gasteiger partial charge on any atom is 0.145 e. The van der Waals surface area contributed by atoms with Crippen LogP contribution in [-0.4, -0.2) is 5.71 Å². The van der Waals surface area contributed by atoms with Crippen molar-refractivity contribution < 1.29 is 4.74 Å². The van der Waals surface area contributed by atoms with Gasteiger partial charge in [0.15, 0.2) is 0 Å².